The lowest BCUT2D eigenvalue weighted by Gasteiger charge is -2.06. The van der Waals surface area contributed by atoms with Gasteiger partial charge in [-0.1, -0.05) is 18.2 Å². The number of anilines is 1. The molecule has 5 N–H and O–H groups in total. The third-order valence-corrected chi connectivity index (χ3v) is 3.16. The number of aromatic amines is 1. The summed E-state index contributed by atoms with van der Waals surface area (Å²) < 4.78 is 0. The molecule has 0 fully saturated rings. The molecular weight excluding hydrogens is 266 g/mol. The maximum absolute atomic E-state index is 12.1. The van der Waals surface area contributed by atoms with E-state index in [0.29, 0.717) is 16.9 Å². The van der Waals surface area contributed by atoms with E-state index in [4.69, 9.17) is 11.1 Å². The van der Waals surface area contributed by atoms with Gasteiger partial charge in [-0.3, -0.25) is 15.3 Å². The Morgan fingerprint density at radius 2 is 1.76 bits per heavy atom. The number of nitrogens with zero attached hydrogens (tertiary/aromatic N) is 1. The van der Waals surface area contributed by atoms with Crippen LogP contribution in [-0.4, -0.2) is 21.9 Å². The predicted octanol–water partition coefficient (Wildman–Crippen LogP) is 2.10. The number of amidine groups is 1. The molecule has 104 valence electrons. The van der Waals surface area contributed by atoms with Crippen LogP contribution < -0.4 is 11.1 Å². The number of aromatic nitrogens is 2. The van der Waals surface area contributed by atoms with E-state index < -0.39 is 0 Å². The number of rotatable bonds is 3. The molecule has 21 heavy (non-hydrogen) atoms. The van der Waals surface area contributed by atoms with Gasteiger partial charge in [0.1, 0.15) is 11.7 Å². The van der Waals surface area contributed by atoms with Crippen LogP contribution in [0.2, 0.25) is 0 Å². The number of amides is 1. The number of nitrogens with one attached hydrogen (secondary N) is 3. The molecule has 0 aliphatic rings. The van der Waals surface area contributed by atoms with Gasteiger partial charge < -0.3 is 11.1 Å². The maximum atomic E-state index is 12.1. The van der Waals surface area contributed by atoms with Crippen molar-refractivity contribution in [1.29, 1.82) is 5.41 Å². The van der Waals surface area contributed by atoms with Crippen LogP contribution in [0.1, 0.15) is 15.9 Å². The van der Waals surface area contributed by atoms with Crippen molar-refractivity contribution in [3.05, 3.63) is 59.8 Å². The Hall–Kier alpha value is -3.15. The summed E-state index contributed by atoms with van der Waals surface area (Å²) in [7, 11) is 0. The minimum atomic E-state index is -0.211. The Labute approximate surface area is 120 Å². The van der Waals surface area contributed by atoms with E-state index in [2.05, 4.69) is 15.5 Å². The zero-order chi connectivity index (χ0) is 14.8. The number of benzene rings is 2. The summed E-state index contributed by atoms with van der Waals surface area (Å²) in [4.78, 5) is 12.1. The van der Waals surface area contributed by atoms with Crippen molar-refractivity contribution >= 4 is 28.3 Å². The molecule has 0 aliphatic heterocycles. The van der Waals surface area contributed by atoms with Crippen LogP contribution in [-0.2, 0) is 0 Å². The fourth-order valence-electron chi connectivity index (χ4n) is 2.07. The van der Waals surface area contributed by atoms with Crippen molar-refractivity contribution in [3.8, 4) is 0 Å². The van der Waals surface area contributed by atoms with E-state index in [0.717, 1.165) is 10.8 Å². The first kappa shape index (κ1) is 12.9. The Kier molecular flexibility index (Phi) is 3.12. The number of nitrogens with two attached hydrogens (primary N) is 1. The van der Waals surface area contributed by atoms with Crippen LogP contribution in [0.15, 0.2) is 48.7 Å². The average Bonchev–Trinajstić information content (AvgIpc) is 2.99. The second kappa shape index (κ2) is 5.09. The number of H-pyrrole nitrogens is 1. The van der Waals surface area contributed by atoms with Crippen molar-refractivity contribution in [2.45, 2.75) is 0 Å². The van der Waals surface area contributed by atoms with Crippen LogP contribution in [0.25, 0.3) is 10.8 Å². The molecule has 1 aromatic heterocycles. The molecule has 6 heteroatoms. The molecule has 0 bridgehead atoms. The first-order valence-corrected chi connectivity index (χ1v) is 6.32. The van der Waals surface area contributed by atoms with Gasteiger partial charge in [0, 0.05) is 17.2 Å². The van der Waals surface area contributed by atoms with E-state index >= 15 is 0 Å². The number of carbonyl (C=O) groups is 1. The monoisotopic (exact) mass is 279 g/mol. The average molecular weight is 279 g/mol. The highest BCUT2D eigenvalue weighted by Crippen LogP contribution is 2.18. The summed E-state index contributed by atoms with van der Waals surface area (Å²) in [6.45, 7) is 0. The third kappa shape index (κ3) is 2.59. The van der Waals surface area contributed by atoms with Gasteiger partial charge in [-0.25, -0.2) is 0 Å². The van der Waals surface area contributed by atoms with Gasteiger partial charge in [0.25, 0.3) is 5.91 Å². The zero-order valence-electron chi connectivity index (χ0n) is 11.1. The van der Waals surface area contributed by atoms with Gasteiger partial charge in [0.05, 0.1) is 6.20 Å². The minimum absolute atomic E-state index is 0.0259. The summed E-state index contributed by atoms with van der Waals surface area (Å²) in [5.74, 6) is 0.363. The van der Waals surface area contributed by atoms with Crippen molar-refractivity contribution in [2.24, 2.45) is 5.73 Å². The standard InChI is InChI=1S/C15H13N5O/c16-14(17)11-3-1-10-8-12(4-2-9(10)7-11)15(21)19-13-5-6-18-20-13/h1-8H,(H3,16,17)(H2,18,19,20,21). The third-order valence-electron chi connectivity index (χ3n) is 3.16. The number of carbonyl (C=O) groups excluding carboxylic acids is 1. The van der Waals surface area contributed by atoms with E-state index in [1.165, 1.54) is 0 Å². The van der Waals surface area contributed by atoms with Gasteiger partial charge in [-0.15, -0.1) is 0 Å². The normalized spacial score (nSPS) is 10.5. The van der Waals surface area contributed by atoms with Gasteiger partial charge >= 0.3 is 0 Å². The molecule has 0 atom stereocenters. The highest BCUT2D eigenvalue weighted by atomic mass is 16.1. The van der Waals surface area contributed by atoms with Crippen LogP contribution in [0, 0.1) is 5.41 Å². The quantitative estimate of drug-likeness (QED) is 0.435. The molecule has 2 aromatic carbocycles. The smallest absolute Gasteiger partial charge is 0.256 e. The van der Waals surface area contributed by atoms with Crippen LogP contribution in [0.3, 0.4) is 0 Å². The summed E-state index contributed by atoms with van der Waals surface area (Å²) in [6.07, 6.45) is 1.57. The van der Waals surface area contributed by atoms with Crippen LogP contribution in [0.4, 0.5) is 5.82 Å². The first-order chi connectivity index (χ1) is 10.1. The van der Waals surface area contributed by atoms with Gasteiger partial charge in [0.15, 0.2) is 0 Å². The van der Waals surface area contributed by atoms with Crippen molar-refractivity contribution in [2.75, 3.05) is 5.32 Å². The van der Waals surface area contributed by atoms with E-state index in [1.54, 1.807) is 30.5 Å². The largest absolute Gasteiger partial charge is 0.384 e. The highest BCUT2D eigenvalue weighted by Gasteiger charge is 2.08. The van der Waals surface area contributed by atoms with Crippen molar-refractivity contribution in [3.63, 3.8) is 0 Å². The Balaban J connectivity index is 1.92. The van der Waals surface area contributed by atoms with Crippen molar-refractivity contribution in [1.82, 2.24) is 10.2 Å². The SMILES string of the molecule is N=C(N)c1ccc2cc(C(=O)Nc3ccn[nH]3)ccc2c1. The Bertz CT molecular complexity index is 823. The number of fused-ring (bicyclic) bond motifs is 1. The van der Waals surface area contributed by atoms with Crippen LogP contribution in [0.5, 0.6) is 0 Å². The molecule has 0 aliphatic carbocycles. The molecule has 3 rings (SSSR count). The molecule has 0 spiro atoms. The Morgan fingerprint density at radius 1 is 1.10 bits per heavy atom. The maximum Gasteiger partial charge on any atom is 0.256 e. The van der Waals surface area contributed by atoms with Crippen LogP contribution >= 0.6 is 0 Å². The first-order valence-electron chi connectivity index (χ1n) is 6.32. The van der Waals surface area contributed by atoms with E-state index in [-0.39, 0.29) is 11.7 Å². The summed E-state index contributed by atoms with van der Waals surface area (Å²) in [5, 5.41) is 18.5. The molecule has 0 unspecified atom stereocenters. The predicted molar refractivity (Wildman–Crippen MR) is 81.5 cm³/mol. The molecule has 1 amide bonds. The lowest BCUT2D eigenvalue weighted by molar-refractivity contribution is 0.102. The topological polar surface area (TPSA) is 108 Å². The molecule has 0 saturated heterocycles. The molecular formula is C15H13N5O. The molecule has 3 aromatic rings. The Morgan fingerprint density at radius 3 is 2.38 bits per heavy atom. The molecule has 0 saturated carbocycles. The molecule has 1 heterocycles. The summed E-state index contributed by atoms with van der Waals surface area (Å²) in [6, 6.07) is 12.5. The minimum Gasteiger partial charge on any atom is -0.384 e. The van der Waals surface area contributed by atoms with Crippen molar-refractivity contribution < 1.29 is 4.79 Å². The molecule has 0 radical (unpaired) electrons. The highest BCUT2D eigenvalue weighted by molar-refractivity contribution is 6.06. The molecule has 6 nitrogen and oxygen atoms in total. The lowest BCUT2D eigenvalue weighted by atomic mass is 10.0. The number of nitrogen functional groups attached to an aromatic ring is 1. The number of hydrogen-bond acceptors (Lipinski definition) is 3. The fraction of sp³-hybridized carbons (Fsp3) is 0. The second-order valence-electron chi connectivity index (χ2n) is 4.61. The van der Waals surface area contributed by atoms with Gasteiger partial charge in [-0.2, -0.15) is 5.10 Å². The second-order valence-corrected chi connectivity index (χ2v) is 4.61. The summed E-state index contributed by atoms with van der Waals surface area (Å²) >= 11 is 0. The van der Waals surface area contributed by atoms with E-state index in [1.807, 2.05) is 18.2 Å². The number of hydrogen-bond donors (Lipinski definition) is 4. The van der Waals surface area contributed by atoms with Gasteiger partial charge in [-0.05, 0) is 29.0 Å². The lowest BCUT2D eigenvalue weighted by Crippen LogP contribution is -2.12. The zero-order valence-corrected chi connectivity index (χ0v) is 11.1. The summed E-state index contributed by atoms with van der Waals surface area (Å²) in [5.41, 5.74) is 6.68. The fourth-order valence-corrected chi connectivity index (χ4v) is 2.07. The van der Waals surface area contributed by atoms with Gasteiger partial charge in [0.2, 0.25) is 0 Å². The van der Waals surface area contributed by atoms with E-state index in [9.17, 15) is 4.79 Å².